The minimum absolute atomic E-state index is 0.755. The van der Waals surface area contributed by atoms with Crippen molar-refractivity contribution in [3.63, 3.8) is 0 Å². The number of nitrogens with zero attached hydrogens (tertiary/aromatic N) is 2. The van der Waals surface area contributed by atoms with Crippen LogP contribution in [0, 0.1) is 6.92 Å². The van der Waals surface area contributed by atoms with E-state index in [4.69, 9.17) is 8.83 Å². The second-order valence-electron chi connectivity index (χ2n) is 20.5. The minimum atomic E-state index is 0.755. The lowest BCUT2D eigenvalue weighted by atomic mass is 9.96. The van der Waals surface area contributed by atoms with Gasteiger partial charge in [-0.15, -0.1) is 0 Å². The molecule has 2 aromatic heterocycles. The van der Waals surface area contributed by atoms with Gasteiger partial charge in [0.1, 0.15) is 11.2 Å². The van der Waals surface area contributed by atoms with E-state index in [1.807, 2.05) is 0 Å². The topological polar surface area (TPSA) is 32.8 Å². The third-order valence-corrected chi connectivity index (χ3v) is 15.7. The van der Waals surface area contributed by atoms with Crippen molar-refractivity contribution in [2.75, 3.05) is 9.80 Å². The van der Waals surface area contributed by atoms with Crippen molar-refractivity contribution in [1.29, 1.82) is 0 Å². The van der Waals surface area contributed by atoms with Crippen LogP contribution >= 0.6 is 0 Å². The number of anilines is 6. The molecule has 15 rings (SSSR count). The maximum Gasteiger partial charge on any atom is 0.178 e. The Morgan fingerprint density at radius 1 is 0.266 bits per heavy atom. The van der Waals surface area contributed by atoms with Gasteiger partial charge in [-0.2, -0.15) is 0 Å². The van der Waals surface area contributed by atoms with E-state index in [9.17, 15) is 0 Å². The van der Waals surface area contributed by atoms with Crippen LogP contribution in [0.2, 0.25) is 0 Å². The molecule has 0 aliphatic heterocycles. The van der Waals surface area contributed by atoms with Crippen LogP contribution in [0.15, 0.2) is 294 Å². The quantitative estimate of drug-likeness (QED) is 0.137. The van der Waals surface area contributed by atoms with Gasteiger partial charge < -0.3 is 18.6 Å². The fourth-order valence-corrected chi connectivity index (χ4v) is 11.9. The summed E-state index contributed by atoms with van der Waals surface area (Å²) in [7, 11) is 0. The van der Waals surface area contributed by atoms with Gasteiger partial charge in [-0.1, -0.05) is 194 Å². The van der Waals surface area contributed by atoms with Crippen molar-refractivity contribution >= 4 is 99.5 Å². The van der Waals surface area contributed by atoms with Gasteiger partial charge in [0.25, 0.3) is 0 Å². The molecule has 0 bridgehead atoms. The van der Waals surface area contributed by atoms with Crippen LogP contribution in [0.4, 0.5) is 34.1 Å². The predicted octanol–water partition coefficient (Wildman–Crippen LogP) is 21.7. The first-order valence-electron chi connectivity index (χ1n) is 27.0. The van der Waals surface area contributed by atoms with Crippen molar-refractivity contribution in [2.45, 2.75) is 6.92 Å². The SMILES string of the molecule is Cc1cc2c3cc4ccc(N(c5ccccc5)c5cc(-c6ccccc6)ccc5-c5ccccc5)cc4cc3oc2c2oc3cc4cc(N(c5ccccc5)c5cc(-c6ccccc6)ccc5-c5ccccc5)ccc4cc3c12. The van der Waals surface area contributed by atoms with Gasteiger partial charge in [-0.3, -0.25) is 0 Å². The fourth-order valence-electron chi connectivity index (χ4n) is 11.9. The molecule has 2 heterocycles. The molecular weight excluding hydrogens is 961 g/mol. The molecular formula is C75H50N2O2. The highest BCUT2D eigenvalue weighted by Crippen LogP contribution is 2.48. The first-order chi connectivity index (χ1) is 39.1. The molecule has 0 aliphatic carbocycles. The molecule has 15 aromatic rings. The summed E-state index contributed by atoms with van der Waals surface area (Å²) in [5, 5.41) is 8.66. The van der Waals surface area contributed by atoms with E-state index in [2.05, 4.69) is 302 Å². The van der Waals surface area contributed by atoms with Crippen LogP contribution in [-0.4, -0.2) is 0 Å². The molecule has 0 aliphatic rings. The molecule has 0 atom stereocenters. The lowest BCUT2D eigenvalue weighted by molar-refractivity contribution is 0.633. The first-order valence-corrected chi connectivity index (χ1v) is 27.0. The Morgan fingerprint density at radius 3 is 1.14 bits per heavy atom. The summed E-state index contributed by atoms with van der Waals surface area (Å²) in [6.07, 6.45) is 0. The van der Waals surface area contributed by atoms with E-state index < -0.39 is 0 Å². The second kappa shape index (κ2) is 19.0. The number of benzene rings is 13. The largest absolute Gasteiger partial charge is 0.452 e. The van der Waals surface area contributed by atoms with Crippen molar-refractivity contribution in [1.82, 2.24) is 0 Å². The Balaban J connectivity index is 0.861. The number of fused-ring (bicyclic) bond motifs is 9. The zero-order chi connectivity index (χ0) is 52.4. The maximum absolute atomic E-state index is 7.02. The molecule has 0 saturated heterocycles. The van der Waals surface area contributed by atoms with Gasteiger partial charge in [-0.25, -0.2) is 0 Å². The van der Waals surface area contributed by atoms with Gasteiger partial charge in [0.05, 0.1) is 11.4 Å². The van der Waals surface area contributed by atoms with Gasteiger partial charge >= 0.3 is 0 Å². The number of furan rings is 2. The third-order valence-electron chi connectivity index (χ3n) is 15.7. The predicted molar refractivity (Wildman–Crippen MR) is 332 cm³/mol. The molecule has 0 unspecified atom stereocenters. The van der Waals surface area contributed by atoms with Crippen LogP contribution in [-0.2, 0) is 0 Å². The van der Waals surface area contributed by atoms with E-state index >= 15 is 0 Å². The Bertz CT molecular complexity index is 4760. The molecule has 0 radical (unpaired) electrons. The molecule has 79 heavy (non-hydrogen) atoms. The van der Waals surface area contributed by atoms with Crippen molar-refractivity contribution < 1.29 is 8.83 Å². The summed E-state index contributed by atoms with van der Waals surface area (Å²) < 4.78 is 14.0. The highest BCUT2D eigenvalue weighted by molar-refractivity contribution is 6.22. The Hall–Kier alpha value is -10.4. The summed E-state index contributed by atoms with van der Waals surface area (Å²) in [6, 6.07) is 102. The summed E-state index contributed by atoms with van der Waals surface area (Å²) >= 11 is 0. The van der Waals surface area contributed by atoms with Gasteiger partial charge in [-0.05, 0) is 158 Å². The van der Waals surface area contributed by atoms with E-state index in [0.29, 0.717) is 0 Å². The van der Waals surface area contributed by atoms with Gasteiger partial charge in [0.2, 0.25) is 0 Å². The van der Waals surface area contributed by atoms with Crippen molar-refractivity contribution in [3.8, 4) is 44.5 Å². The second-order valence-corrected chi connectivity index (χ2v) is 20.5. The molecule has 0 amide bonds. The zero-order valence-corrected chi connectivity index (χ0v) is 43.3. The van der Waals surface area contributed by atoms with Crippen LogP contribution < -0.4 is 9.80 Å². The van der Waals surface area contributed by atoms with E-state index in [1.54, 1.807) is 0 Å². The number of hydrogen-bond acceptors (Lipinski definition) is 4. The van der Waals surface area contributed by atoms with Crippen LogP contribution in [0.3, 0.4) is 0 Å². The molecule has 0 spiro atoms. The van der Waals surface area contributed by atoms with Crippen LogP contribution in [0.25, 0.3) is 110 Å². The normalized spacial score (nSPS) is 11.6. The Morgan fingerprint density at radius 2 is 0.671 bits per heavy atom. The van der Waals surface area contributed by atoms with Crippen molar-refractivity contribution in [3.05, 3.63) is 291 Å². The molecule has 0 saturated carbocycles. The number of para-hydroxylation sites is 2. The average molecular weight is 1010 g/mol. The molecule has 4 nitrogen and oxygen atoms in total. The van der Waals surface area contributed by atoms with Gasteiger partial charge in [0, 0.05) is 55.4 Å². The summed E-state index contributed by atoms with van der Waals surface area (Å²) in [6.45, 7) is 2.19. The number of hydrogen-bond donors (Lipinski definition) is 0. The first kappa shape index (κ1) is 45.9. The number of aryl methyl sites for hydroxylation is 1. The standard InChI is InChI=1S/C75H50N2O2/c1-49-40-67-66-43-54-32-36-62(76(60-28-16-6-17-29-60)69-45-56(50-20-8-2-9-21-50)34-38-64(69)52-24-12-4-13-25-52)41-58(54)47-71(66)78-74(67)75-73(49)68-44-55-33-37-63(42-59(55)48-72(68)79-75)77(61-30-18-7-19-31-61)70-46-57(51-22-10-3-11-23-51)35-39-65(70)53-26-14-5-15-27-53/h2-48H,1H3. The smallest absolute Gasteiger partial charge is 0.178 e. The van der Waals surface area contributed by atoms with Crippen LogP contribution in [0.1, 0.15) is 5.56 Å². The van der Waals surface area contributed by atoms with Crippen molar-refractivity contribution in [2.24, 2.45) is 0 Å². The summed E-state index contributed by atoms with van der Waals surface area (Å²) in [5.74, 6) is 0. The summed E-state index contributed by atoms with van der Waals surface area (Å²) in [4.78, 5) is 4.77. The third kappa shape index (κ3) is 8.09. The van der Waals surface area contributed by atoms with Crippen LogP contribution in [0.5, 0.6) is 0 Å². The lowest BCUT2D eigenvalue weighted by Gasteiger charge is -2.29. The lowest BCUT2D eigenvalue weighted by Crippen LogP contribution is -2.11. The Labute approximate surface area is 457 Å². The number of rotatable bonds is 10. The summed E-state index contributed by atoms with van der Waals surface area (Å²) in [5.41, 5.74) is 20.0. The molecule has 13 aromatic carbocycles. The molecule has 0 fully saturated rings. The maximum atomic E-state index is 7.02. The molecule has 0 N–H and O–H groups in total. The Kier molecular flexibility index (Phi) is 11.0. The highest BCUT2D eigenvalue weighted by atomic mass is 16.4. The fraction of sp³-hybridized carbons (Fsp3) is 0.0133. The minimum Gasteiger partial charge on any atom is -0.452 e. The average Bonchev–Trinajstić information content (AvgIpc) is 4.08. The zero-order valence-electron chi connectivity index (χ0n) is 43.3. The van der Waals surface area contributed by atoms with E-state index in [-0.39, 0.29) is 0 Å². The van der Waals surface area contributed by atoms with E-state index in [1.165, 1.54) is 11.1 Å². The highest BCUT2D eigenvalue weighted by Gasteiger charge is 2.24. The van der Waals surface area contributed by atoms with Gasteiger partial charge in [0.15, 0.2) is 11.2 Å². The molecule has 4 heteroatoms. The monoisotopic (exact) mass is 1010 g/mol. The molecule has 372 valence electrons. The van der Waals surface area contributed by atoms with E-state index in [0.717, 1.165) is 138 Å².